The number of anilines is 2. The number of thiophene rings is 1. The molecule has 9 nitrogen and oxygen atoms in total. The largest absolute Gasteiger partial charge is 0.378 e. The Kier molecular flexibility index (Phi) is 6.49. The minimum atomic E-state index is -0.255. The van der Waals surface area contributed by atoms with Gasteiger partial charge in [0.15, 0.2) is 0 Å². The van der Waals surface area contributed by atoms with Gasteiger partial charge in [0, 0.05) is 49.6 Å². The molecule has 3 aliphatic rings. The number of amides is 2. The Balaban J connectivity index is 1.28. The second-order valence-electron chi connectivity index (χ2n) is 9.50. The van der Waals surface area contributed by atoms with Crippen molar-refractivity contribution in [2.24, 2.45) is 0 Å². The molecule has 0 N–H and O–H groups in total. The highest BCUT2D eigenvalue weighted by molar-refractivity contribution is 7.20. The summed E-state index contributed by atoms with van der Waals surface area (Å²) in [6, 6.07) is 6.33. The number of rotatable bonds is 4. The van der Waals surface area contributed by atoms with Gasteiger partial charge in [0.25, 0.3) is 5.91 Å². The number of urea groups is 1. The van der Waals surface area contributed by atoms with Crippen LogP contribution in [0, 0.1) is 0 Å². The summed E-state index contributed by atoms with van der Waals surface area (Å²) in [6.07, 6.45) is 3.72. The zero-order valence-corrected chi connectivity index (χ0v) is 22.3. The molecular formula is C24H27ClN6O3S2. The van der Waals surface area contributed by atoms with E-state index in [2.05, 4.69) is 9.88 Å². The minimum Gasteiger partial charge on any atom is -0.378 e. The molecule has 0 saturated carbocycles. The van der Waals surface area contributed by atoms with Crippen molar-refractivity contribution < 1.29 is 14.3 Å². The summed E-state index contributed by atoms with van der Waals surface area (Å²) in [5.74, 6) is 0.607. The van der Waals surface area contributed by atoms with Gasteiger partial charge < -0.3 is 19.4 Å². The maximum atomic E-state index is 13.3. The molecule has 6 heterocycles. The molecule has 3 aromatic heterocycles. The summed E-state index contributed by atoms with van der Waals surface area (Å²) in [7, 11) is 1.92. The SMILES string of the molecule is CN(c1ccc(Cl)s1)c1cc(C2CC3CCC(C2)N3C(=O)N2CCOCC2)nn1C(=O)c1cscn1. The van der Waals surface area contributed by atoms with Crippen molar-refractivity contribution >= 4 is 57.0 Å². The van der Waals surface area contributed by atoms with Crippen molar-refractivity contribution in [3.63, 3.8) is 0 Å². The molecular weight excluding hydrogens is 520 g/mol. The normalized spacial score (nSPS) is 23.8. The van der Waals surface area contributed by atoms with Crippen LogP contribution in [0.3, 0.4) is 0 Å². The molecule has 3 aromatic rings. The van der Waals surface area contributed by atoms with Crippen LogP contribution < -0.4 is 4.90 Å². The predicted molar refractivity (Wildman–Crippen MR) is 140 cm³/mol. The van der Waals surface area contributed by atoms with E-state index in [1.54, 1.807) is 10.9 Å². The van der Waals surface area contributed by atoms with Crippen LogP contribution in [0.2, 0.25) is 4.34 Å². The third-order valence-electron chi connectivity index (χ3n) is 7.44. The van der Waals surface area contributed by atoms with E-state index in [0.717, 1.165) is 36.4 Å². The second kappa shape index (κ2) is 9.77. The van der Waals surface area contributed by atoms with Crippen molar-refractivity contribution in [3.05, 3.63) is 44.8 Å². The van der Waals surface area contributed by atoms with Gasteiger partial charge >= 0.3 is 6.03 Å². The van der Waals surface area contributed by atoms with E-state index in [9.17, 15) is 9.59 Å². The lowest BCUT2D eigenvalue weighted by Crippen LogP contribution is -2.54. The third-order valence-corrected chi connectivity index (χ3v) is 9.33. The molecule has 12 heteroatoms. The quantitative estimate of drug-likeness (QED) is 0.473. The van der Waals surface area contributed by atoms with Gasteiger partial charge in [0.1, 0.15) is 11.5 Å². The summed E-state index contributed by atoms with van der Waals surface area (Å²) < 4.78 is 7.58. The zero-order valence-electron chi connectivity index (χ0n) is 19.9. The number of halogens is 1. The number of thiazole rings is 1. The van der Waals surface area contributed by atoms with Gasteiger partial charge in [-0.2, -0.15) is 9.78 Å². The average molecular weight is 547 g/mol. The van der Waals surface area contributed by atoms with E-state index in [-0.39, 0.29) is 29.9 Å². The molecule has 0 aromatic carbocycles. The molecule has 3 aliphatic heterocycles. The maximum absolute atomic E-state index is 13.3. The molecule has 190 valence electrons. The first-order valence-corrected chi connectivity index (χ1v) is 14.3. The van der Waals surface area contributed by atoms with Crippen LogP contribution in [0.15, 0.2) is 29.1 Å². The summed E-state index contributed by atoms with van der Waals surface area (Å²) in [5, 5.41) is 7.49. The van der Waals surface area contributed by atoms with Crippen LogP contribution in [0.5, 0.6) is 0 Å². The second-order valence-corrected chi connectivity index (χ2v) is 11.9. The minimum absolute atomic E-state index is 0.142. The number of nitrogens with zero attached hydrogens (tertiary/aromatic N) is 6. The van der Waals surface area contributed by atoms with E-state index in [4.69, 9.17) is 21.4 Å². The van der Waals surface area contributed by atoms with Crippen LogP contribution >= 0.6 is 34.3 Å². The highest BCUT2D eigenvalue weighted by Gasteiger charge is 2.45. The third kappa shape index (κ3) is 4.31. The van der Waals surface area contributed by atoms with Crippen LogP contribution in [-0.4, -0.2) is 81.9 Å². The lowest BCUT2D eigenvalue weighted by molar-refractivity contribution is 0.0330. The molecule has 3 fully saturated rings. The first kappa shape index (κ1) is 23.9. The monoisotopic (exact) mass is 546 g/mol. The molecule has 0 radical (unpaired) electrons. The van der Waals surface area contributed by atoms with Crippen molar-refractivity contribution in [2.45, 2.75) is 43.7 Å². The van der Waals surface area contributed by atoms with Gasteiger partial charge in [-0.1, -0.05) is 11.6 Å². The number of hydrogen-bond donors (Lipinski definition) is 0. The van der Waals surface area contributed by atoms with E-state index < -0.39 is 0 Å². The van der Waals surface area contributed by atoms with Crippen molar-refractivity contribution in [1.29, 1.82) is 0 Å². The molecule has 3 saturated heterocycles. The number of ether oxygens (including phenoxy) is 1. The van der Waals surface area contributed by atoms with Crippen LogP contribution in [-0.2, 0) is 4.74 Å². The van der Waals surface area contributed by atoms with Crippen molar-refractivity contribution in [2.75, 3.05) is 38.3 Å². The molecule has 0 aliphatic carbocycles. The summed E-state index contributed by atoms with van der Waals surface area (Å²) in [5.41, 5.74) is 2.91. The van der Waals surface area contributed by atoms with Crippen molar-refractivity contribution in [3.8, 4) is 0 Å². The Morgan fingerprint density at radius 2 is 1.92 bits per heavy atom. The number of morpholine rings is 1. The fourth-order valence-corrected chi connectivity index (χ4v) is 7.18. The fourth-order valence-electron chi connectivity index (χ4n) is 5.65. The van der Waals surface area contributed by atoms with E-state index in [1.807, 2.05) is 35.0 Å². The number of piperidine rings is 1. The van der Waals surface area contributed by atoms with Gasteiger partial charge in [0.05, 0.1) is 33.8 Å². The first-order chi connectivity index (χ1) is 17.5. The molecule has 6 rings (SSSR count). The standard InChI is InChI=1S/C24H27ClN6O3S2/c1-28(22-5-4-20(25)36-22)21-12-18(27-31(21)23(32)19-13-35-14-26-19)15-10-16-2-3-17(11-15)30(16)24(33)29-6-8-34-9-7-29/h4-5,12-17H,2-3,6-11H2,1H3. The molecule has 36 heavy (non-hydrogen) atoms. The van der Waals surface area contributed by atoms with E-state index in [1.165, 1.54) is 27.4 Å². The number of fused-ring (bicyclic) bond motifs is 2. The van der Waals surface area contributed by atoms with E-state index in [0.29, 0.717) is 42.2 Å². The van der Waals surface area contributed by atoms with Gasteiger partial charge in [-0.3, -0.25) is 4.79 Å². The molecule has 0 spiro atoms. The maximum Gasteiger partial charge on any atom is 0.320 e. The average Bonchev–Trinajstić information content (AvgIpc) is 3.70. The number of hydrogen-bond acceptors (Lipinski definition) is 8. The lowest BCUT2D eigenvalue weighted by Gasteiger charge is -2.41. The number of carbonyl (C=O) groups is 2. The Hall–Kier alpha value is -2.47. The van der Waals surface area contributed by atoms with Crippen LogP contribution in [0.1, 0.15) is 47.8 Å². The summed E-state index contributed by atoms with van der Waals surface area (Å²) in [4.78, 5) is 36.8. The molecule has 2 atom stereocenters. The Morgan fingerprint density at radius 1 is 1.17 bits per heavy atom. The van der Waals surface area contributed by atoms with Crippen molar-refractivity contribution in [1.82, 2.24) is 24.6 Å². The summed E-state index contributed by atoms with van der Waals surface area (Å²) in [6.45, 7) is 2.52. The molecule has 2 unspecified atom stereocenters. The Morgan fingerprint density at radius 3 is 2.56 bits per heavy atom. The fraction of sp³-hybridized carbons (Fsp3) is 0.500. The highest BCUT2D eigenvalue weighted by atomic mass is 35.5. The number of carbonyl (C=O) groups excluding carboxylic acids is 2. The van der Waals surface area contributed by atoms with Gasteiger partial charge in [0.2, 0.25) is 0 Å². The summed E-state index contributed by atoms with van der Waals surface area (Å²) >= 11 is 9.02. The number of aromatic nitrogens is 3. The topological polar surface area (TPSA) is 83.8 Å². The van der Waals surface area contributed by atoms with Gasteiger partial charge in [-0.25, -0.2) is 9.78 Å². The Labute approximate surface area is 222 Å². The highest BCUT2D eigenvalue weighted by Crippen LogP contribution is 2.44. The van der Waals surface area contributed by atoms with E-state index >= 15 is 0 Å². The van der Waals surface area contributed by atoms with Crippen LogP contribution in [0.4, 0.5) is 15.6 Å². The smallest absolute Gasteiger partial charge is 0.320 e. The molecule has 2 amide bonds. The van der Waals surface area contributed by atoms with Crippen LogP contribution in [0.25, 0.3) is 0 Å². The Bertz CT molecular complexity index is 1240. The predicted octanol–water partition coefficient (Wildman–Crippen LogP) is 4.67. The van der Waals surface area contributed by atoms with Gasteiger partial charge in [-0.05, 0) is 37.8 Å². The zero-order chi connectivity index (χ0) is 24.8. The lowest BCUT2D eigenvalue weighted by atomic mass is 9.88. The molecule has 2 bridgehead atoms. The van der Waals surface area contributed by atoms with Gasteiger partial charge in [-0.15, -0.1) is 22.7 Å². The first-order valence-electron chi connectivity index (χ1n) is 12.2.